The molecule has 0 amide bonds. The smallest absolute Gasteiger partial charge is 0.121 e. The lowest BCUT2D eigenvalue weighted by Crippen LogP contribution is -2.46. The van der Waals surface area contributed by atoms with Crippen molar-refractivity contribution in [1.82, 2.24) is 4.90 Å². The zero-order chi connectivity index (χ0) is 22.6. The van der Waals surface area contributed by atoms with Crippen molar-refractivity contribution in [3.63, 3.8) is 0 Å². The van der Waals surface area contributed by atoms with Gasteiger partial charge in [-0.05, 0) is 125 Å². The summed E-state index contributed by atoms with van der Waals surface area (Å²) in [4.78, 5) is 8.60. The molecular formula is C29H42N2O2. The molecule has 2 atom stereocenters. The van der Waals surface area contributed by atoms with Gasteiger partial charge in [0.05, 0.1) is 12.8 Å². The van der Waals surface area contributed by atoms with Crippen LogP contribution in [0.15, 0.2) is 23.4 Å². The van der Waals surface area contributed by atoms with Gasteiger partial charge in [-0.3, -0.25) is 0 Å². The summed E-state index contributed by atoms with van der Waals surface area (Å²) < 4.78 is 5.52. The summed E-state index contributed by atoms with van der Waals surface area (Å²) in [5, 5.41) is 4.73. The molecule has 4 bridgehead atoms. The minimum absolute atomic E-state index is 0.240. The fraction of sp³-hybridized carbons (Fsp3) is 0.759. The van der Waals surface area contributed by atoms with Crippen LogP contribution in [-0.2, 0) is 10.3 Å². The van der Waals surface area contributed by atoms with Gasteiger partial charge in [-0.15, -0.1) is 0 Å². The molecule has 33 heavy (non-hydrogen) atoms. The van der Waals surface area contributed by atoms with Gasteiger partial charge < -0.3 is 14.5 Å². The van der Waals surface area contributed by atoms with Crippen LogP contribution in [0, 0.1) is 30.1 Å². The number of aryl methyl sites for hydroxylation is 1. The van der Waals surface area contributed by atoms with Gasteiger partial charge in [-0.1, -0.05) is 17.3 Å². The predicted molar refractivity (Wildman–Crippen MR) is 133 cm³/mol. The monoisotopic (exact) mass is 450 g/mol. The van der Waals surface area contributed by atoms with Crippen LogP contribution in [0.5, 0.6) is 5.75 Å². The molecule has 1 aliphatic heterocycles. The predicted octanol–water partition coefficient (Wildman–Crippen LogP) is 6.11. The Balaban J connectivity index is 1.10. The van der Waals surface area contributed by atoms with Gasteiger partial charge in [0.25, 0.3) is 0 Å². The number of fused-ring (bicyclic) bond motifs is 1. The molecule has 5 aliphatic carbocycles. The minimum atomic E-state index is 0.240. The van der Waals surface area contributed by atoms with Crippen molar-refractivity contribution in [2.24, 2.45) is 28.3 Å². The SMILES string of the molecule is COc1ccc([C@@]23CCC(=NOCCC45CC6CC(CC(C6)C4)C5)C[C@@H]2N(C)CC3)cc1C. The summed E-state index contributed by atoms with van der Waals surface area (Å²) in [6.07, 6.45) is 14.7. The first-order valence-electron chi connectivity index (χ1n) is 13.5. The van der Waals surface area contributed by atoms with Crippen molar-refractivity contribution in [1.29, 1.82) is 0 Å². The molecule has 5 saturated carbocycles. The van der Waals surface area contributed by atoms with E-state index >= 15 is 0 Å². The molecule has 1 saturated heterocycles. The van der Waals surface area contributed by atoms with Crippen LogP contribution in [0.25, 0.3) is 0 Å². The molecule has 1 aromatic carbocycles. The van der Waals surface area contributed by atoms with Gasteiger partial charge in [-0.2, -0.15) is 0 Å². The fourth-order valence-electron chi connectivity index (χ4n) is 9.20. The molecule has 0 spiro atoms. The van der Waals surface area contributed by atoms with Crippen LogP contribution in [0.4, 0.5) is 0 Å². The Bertz CT molecular complexity index is 889. The number of hydrogen-bond acceptors (Lipinski definition) is 4. The van der Waals surface area contributed by atoms with E-state index in [9.17, 15) is 0 Å². The molecule has 0 unspecified atom stereocenters. The topological polar surface area (TPSA) is 34.1 Å². The Labute approximate surface area is 200 Å². The van der Waals surface area contributed by atoms with Gasteiger partial charge in [-0.25, -0.2) is 0 Å². The fourth-order valence-corrected chi connectivity index (χ4v) is 9.20. The number of methoxy groups -OCH3 is 1. The van der Waals surface area contributed by atoms with E-state index in [4.69, 9.17) is 14.7 Å². The van der Waals surface area contributed by atoms with E-state index in [1.54, 1.807) is 7.11 Å². The molecule has 0 radical (unpaired) electrons. The normalized spacial score (nSPS) is 40.9. The highest BCUT2D eigenvalue weighted by molar-refractivity contribution is 5.86. The zero-order valence-corrected chi connectivity index (χ0v) is 20.9. The van der Waals surface area contributed by atoms with Crippen LogP contribution in [0.3, 0.4) is 0 Å². The summed E-state index contributed by atoms with van der Waals surface area (Å²) in [6.45, 7) is 4.15. The van der Waals surface area contributed by atoms with E-state index in [-0.39, 0.29) is 5.41 Å². The highest BCUT2D eigenvalue weighted by Crippen LogP contribution is 2.61. The van der Waals surface area contributed by atoms with Gasteiger partial charge in [0, 0.05) is 17.9 Å². The Kier molecular flexibility index (Phi) is 5.51. The Hall–Kier alpha value is -1.55. The number of ether oxygens (including phenoxy) is 1. The van der Waals surface area contributed by atoms with Crippen LogP contribution >= 0.6 is 0 Å². The highest BCUT2D eigenvalue weighted by atomic mass is 16.6. The Morgan fingerprint density at radius 1 is 1.06 bits per heavy atom. The summed E-state index contributed by atoms with van der Waals surface area (Å²) in [6, 6.07) is 7.35. The summed E-state index contributed by atoms with van der Waals surface area (Å²) in [5.74, 6) is 4.05. The second-order valence-corrected chi connectivity index (χ2v) is 12.4. The maximum atomic E-state index is 6.04. The lowest BCUT2D eigenvalue weighted by Gasteiger charge is -2.56. The van der Waals surface area contributed by atoms with Crippen molar-refractivity contribution in [3.05, 3.63) is 29.3 Å². The first-order chi connectivity index (χ1) is 16.0. The number of hydrogen-bond donors (Lipinski definition) is 0. The van der Waals surface area contributed by atoms with Crippen LogP contribution < -0.4 is 4.74 Å². The van der Waals surface area contributed by atoms with E-state index in [0.29, 0.717) is 11.5 Å². The highest BCUT2D eigenvalue weighted by Gasteiger charge is 2.51. The van der Waals surface area contributed by atoms with Gasteiger partial charge in [0.15, 0.2) is 0 Å². The molecule has 180 valence electrons. The quantitative estimate of drug-likeness (QED) is 0.387. The van der Waals surface area contributed by atoms with Gasteiger partial charge in [0.1, 0.15) is 12.4 Å². The second kappa shape index (κ2) is 8.29. The lowest BCUT2D eigenvalue weighted by molar-refractivity contribution is -0.0688. The molecule has 1 heterocycles. The summed E-state index contributed by atoms with van der Waals surface area (Å²) in [5.41, 5.74) is 4.83. The van der Waals surface area contributed by atoms with Crippen molar-refractivity contribution < 1.29 is 9.57 Å². The average molecular weight is 451 g/mol. The first kappa shape index (κ1) is 21.9. The molecule has 1 aromatic rings. The van der Waals surface area contributed by atoms with Gasteiger partial charge >= 0.3 is 0 Å². The maximum absolute atomic E-state index is 6.04. The van der Waals surface area contributed by atoms with E-state index in [1.165, 1.54) is 74.6 Å². The van der Waals surface area contributed by atoms with Gasteiger partial charge in [0.2, 0.25) is 0 Å². The largest absolute Gasteiger partial charge is 0.496 e. The minimum Gasteiger partial charge on any atom is -0.496 e. The van der Waals surface area contributed by atoms with Crippen molar-refractivity contribution in [2.75, 3.05) is 27.3 Å². The molecule has 4 nitrogen and oxygen atoms in total. The molecular weight excluding hydrogens is 408 g/mol. The number of likely N-dealkylation sites (tertiary alicyclic amines) is 1. The van der Waals surface area contributed by atoms with Crippen LogP contribution in [0.1, 0.15) is 81.8 Å². The molecule has 0 aromatic heterocycles. The first-order valence-corrected chi connectivity index (χ1v) is 13.5. The number of rotatable bonds is 6. The number of oxime groups is 1. The number of likely N-dealkylation sites (N-methyl/N-ethyl adjacent to an activating group) is 1. The van der Waals surface area contributed by atoms with E-state index in [1.807, 2.05) is 0 Å². The summed E-state index contributed by atoms with van der Waals surface area (Å²) >= 11 is 0. The average Bonchev–Trinajstić information content (AvgIpc) is 3.13. The summed E-state index contributed by atoms with van der Waals surface area (Å²) in [7, 11) is 4.05. The van der Waals surface area contributed by atoms with Crippen molar-refractivity contribution in [3.8, 4) is 5.75 Å². The van der Waals surface area contributed by atoms with Crippen LogP contribution in [0.2, 0.25) is 0 Å². The molecule has 4 heteroatoms. The number of nitrogens with zero attached hydrogens (tertiary/aromatic N) is 2. The van der Waals surface area contributed by atoms with Crippen LogP contribution in [-0.4, -0.2) is 44.0 Å². The van der Waals surface area contributed by atoms with E-state index < -0.39 is 0 Å². The Morgan fingerprint density at radius 3 is 2.45 bits per heavy atom. The molecule has 7 rings (SSSR count). The third-order valence-corrected chi connectivity index (χ3v) is 10.4. The lowest BCUT2D eigenvalue weighted by atomic mass is 9.49. The zero-order valence-electron chi connectivity index (χ0n) is 20.9. The molecule has 6 fully saturated rings. The Morgan fingerprint density at radius 2 is 1.79 bits per heavy atom. The van der Waals surface area contributed by atoms with Crippen molar-refractivity contribution >= 4 is 5.71 Å². The van der Waals surface area contributed by atoms with E-state index in [2.05, 4.69) is 37.1 Å². The third kappa shape index (κ3) is 3.81. The van der Waals surface area contributed by atoms with E-state index in [0.717, 1.165) is 49.5 Å². The number of benzene rings is 1. The molecule has 0 N–H and O–H groups in total. The maximum Gasteiger partial charge on any atom is 0.121 e. The van der Waals surface area contributed by atoms with Crippen molar-refractivity contribution in [2.45, 2.75) is 89.0 Å². The standard InChI is InChI=1S/C29H42N2O2/c1-20-12-24(4-5-26(20)32-3)29-7-6-25(16-27(29)31(2)10-8-29)30-33-11-9-28-17-21-13-22(18-28)15-23(14-21)19-28/h4-5,12,21-23,27H,6-11,13-19H2,1-3H3/t21?,22?,23?,27-,28?,29-/m0/s1. The third-order valence-electron chi connectivity index (χ3n) is 10.4. The second-order valence-electron chi connectivity index (χ2n) is 12.4. The molecule has 6 aliphatic rings.